The molecule has 0 nitrogen and oxygen atoms in total. The number of halogens is 4. The summed E-state index contributed by atoms with van der Waals surface area (Å²) in [4.78, 5) is 0. The summed E-state index contributed by atoms with van der Waals surface area (Å²) in [6.07, 6.45) is 4.39. The molecule has 3 aromatic rings. The van der Waals surface area contributed by atoms with Crippen molar-refractivity contribution < 1.29 is 17.6 Å². The summed E-state index contributed by atoms with van der Waals surface area (Å²) in [7, 11) is 0. The van der Waals surface area contributed by atoms with Crippen LogP contribution in [0.1, 0.15) is 56.6 Å². The van der Waals surface area contributed by atoms with Crippen LogP contribution in [0, 0.1) is 17.7 Å². The fourth-order valence-corrected chi connectivity index (χ4v) is 4.86. The number of aryl methyl sites for hydroxylation is 1. The van der Waals surface area contributed by atoms with Gasteiger partial charge in [-0.05, 0) is 53.3 Å². The molecule has 3 aromatic carbocycles. The summed E-state index contributed by atoms with van der Waals surface area (Å²) >= 11 is 0. The van der Waals surface area contributed by atoms with Gasteiger partial charge in [-0.25, -0.2) is 4.39 Å². The first-order valence-corrected chi connectivity index (χ1v) is 11.2. The van der Waals surface area contributed by atoms with E-state index in [1.165, 1.54) is 56.2 Å². The van der Waals surface area contributed by atoms with Gasteiger partial charge in [0.15, 0.2) is 0 Å². The number of hydrogen-bond acceptors (Lipinski definition) is 0. The number of alkyl halides is 3. The lowest BCUT2D eigenvalue weighted by molar-refractivity contribution is -0.137. The van der Waals surface area contributed by atoms with E-state index >= 15 is 4.39 Å². The highest BCUT2D eigenvalue weighted by Gasteiger charge is 2.30. The van der Waals surface area contributed by atoms with Gasteiger partial charge in [0.05, 0.1) is 5.56 Å². The third-order valence-electron chi connectivity index (χ3n) is 6.93. The molecule has 1 aliphatic rings. The first kappa shape index (κ1) is 21.9. The van der Waals surface area contributed by atoms with Crippen molar-refractivity contribution in [3.05, 3.63) is 71.5 Å². The van der Waals surface area contributed by atoms with Crippen LogP contribution in [-0.2, 0) is 12.6 Å². The second-order valence-corrected chi connectivity index (χ2v) is 8.89. The molecule has 0 bridgehead atoms. The molecule has 0 aliphatic heterocycles. The highest BCUT2D eigenvalue weighted by Crippen LogP contribution is 2.35. The summed E-state index contributed by atoms with van der Waals surface area (Å²) in [5, 5.41) is 1.34. The van der Waals surface area contributed by atoms with Gasteiger partial charge in [-0.15, -0.1) is 0 Å². The van der Waals surface area contributed by atoms with Gasteiger partial charge >= 0.3 is 6.18 Å². The molecule has 164 valence electrons. The molecule has 1 fully saturated rings. The van der Waals surface area contributed by atoms with Crippen molar-refractivity contribution in [1.82, 2.24) is 0 Å². The summed E-state index contributed by atoms with van der Waals surface area (Å²) in [5.41, 5.74) is 1.25. The lowest BCUT2D eigenvalue weighted by Gasteiger charge is -2.27. The Bertz CT molecular complexity index is 1030. The highest BCUT2D eigenvalue weighted by molar-refractivity contribution is 5.88. The zero-order chi connectivity index (χ0) is 22.0. The van der Waals surface area contributed by atoms with E-state index in [1.54, 1.807) is 6.07 Å². The van der Waals surface area contributed by atoms with Gasteiger partial charge in [0.25, 0.3) is 0 Å². The van der Waals surface area contributed by atoms with Crippen LogP contribution in [0.5, 0.6) is 0 Å². The van der Waals surface area contributed by atoms with Crippen LogP contribution < -0.4 is 0 Å². The normalized spacial score (nSPS) is 19.6. The monoisotopic (exact) mass is 428 g/mol. The first-order chi connectivity index (χ1) is 14.8. The maximum absolute atomic E-state index is 15.1. The van der Waals surface area contributed by atoms with E-state index < -0.39 is 11.7 Å². The van der Waals surface area contributed by atoms with Crippen LogP contribution in [0.15, 0.2) is 54.6 Å². The molecule has 1 saturated carbocycles. The second kappa shape index (κ2) is 9.02. The van der Waals surface area contributed by atoms with E-state index in [-0.39, 0.29) is 5.82 Å². The Morgan fingerprint density at radius 1 is 0.839 bits per heavy atom. The van der Waals surface area contributed by atoms with Crippen molar-refractivity contribution in [1.29, 1.82) is 0 Å². The van der Waals surface area contributed by atoms with Gasteiger partial charge < -0.3 is 0 Å². The van der Waals surface area contributed by atoms with E-state index in [2.05, 4.69) is 6.92 Å². The SMILES string of the molecule is CCC1CCC(CCc2ccc3c(F)c(-c4ccc(C(F)(F)F)cc4)ccc3c2)CC1. The molecular formula is C27H28F4. The zero-order valence-corrected chi connectivity index (χ0v) is 17.8. The molecule has 1 aliphatic carbocycles. The minimum absolute atomic E-state index is 0.321. The van der Waals surface area contributed by atoms with Gasteiger partial charge in [-0.3, -0.25) is 0 Å². The lowest BCUT2D eigenvalue weighted by atomic mass is 9.78. The highest BCUT2D eigenvalue weighted by atomic mass is 19.4. The van der Waals surface area contributed by atoms with E-state index in [9.17, 15) is 13.2 Å². The van der Waals surface area contributed by atoms with Gasteiger partial charge in [-0.1, -0.05) is 81.5 Å². The Balaban J connectivity index is 1.49. The number of hydrogen-bond donors (Lipinski definition) is 0. The third kappa shape index (κ3) is 4.94. The molecular weight excluding hydrogens is 400 g/mol. The van der Waals surface area contributed by atoms with Crippen LogP contribution >= 0.6 is 0 Å². The van der Waals surface area contributed by atoms with Gasteiger partial charge in [0.1, 0.15) is 5.82 Å². The van der Waals surface area contributed by atoms with E-state index in [0.29, 0.717) is 16.5 Å². The molecule has 0 atom stereocenters. The van der Waals surface area contributed by atoms with Crippen LogP contribution in [0.3, 0.4) is 0 Å². The van der Waals surface area contributed by atoms with Gasteiger partial charge in [-0.2, -0.15) is 13.2 Å². The van der Waals surface area contributed by atoms with Gasteiger partial charge in [0.2, 0.25) is 0 Å². The van der Waals surface area contributed by atoms with E-state index in [0.717, 1.165) is 35.8 Å². The van der Waals surface area contributed by atoms with Crippen LogP contribution in [0.25, 0.3) is 21.9 Å². The van der Waals surface area contributed by atoms with Gasteiger partial charge in [0, 0.05) is 10.9 Å². The van der Waals surface area contributed by atoms with Crippen molar-refractivity contribution in [2.45, 2.75) is 58.0 Å². The Morgan fingerprint density at radius 2 is 1.52 bits per heavy atom. The predicted octanol–water partition coefficient (Wildman–Crippen LogP) is 8.81. The minimum Gasteiger partial charge on any atom is -0.206 e. The molecule has 0 amide bonds. The Labute approximate surface area is 181 Å². The predicted molar refractivity (Wildman–Crippen MR) is 118 cm³/mol. The van der Waals surface area contributed by atoms with Crippen molar-refractivity contribution in [3.63, 3.8) is 0 Å². The largest absolute Gasteiger partial charge is 0.416 e. The summed E-state index contributed by atoms with van der Waals surface area (Å²) in [5.74, 6) is 1.30. The second-order valence-electron chi connectivity index (χ2n) is 8.89. The van der Waals surface area contributed by atoms with E-state index in [4.69, 9.17) is 0 Å². The molecule has 4 heteroatoms. The maximum atomic E-state index is 15.1. The Morgan fingerprint density at radius 3 is 2.16 bits per heavy atom. The quantitative estimate of drug-likeness (QED) is 0.356. The fourth-order valence-electron chi connectivity index (χ4n) is 4.86. The molecule has 0 aromatic heterocycles. The summed E-state index contributed by atoms with van der Waals surface area (Å²) in [6.45, 7) is 2.28. The zero-order valence-electron chi connectivity index (χ0n) is 17.8. The number of benzene rings is 3. The fraction of sp³-hybridized carbons (Fsp3) is 0.407. The maximum Gasteiger partial charge on any atom is 0.416 e. The smallest absolute Gasteiger partial charge is 0.206 e. The van der Waals surface area contributed by atoms with Crippen molar-refractivity contribution in [2.75, 3.05) is 0 Å². The number of rotatable bonds is 5. The van der Waals surface area contributed by atoms with Crippen molar-refractivity contribution in [3.8, 4) is 11.1 Å². The van der Waals surface area contributed by atoms with Crippen molar-refractivity contribution in [2.24, 2.45) is 11.8 Å². The molecule has 0 unspecified atom stereocenters. The molecule has 31 heavy (non-hydrogen) atoms. The lowest BCUT2D eigenvalue weighted by Crippen LogP contribution is -2.14. The molecule has 0 heterocycles. The Kier molecular flexibility index (Phi) is 6.36. The topological polar surface area (TPSA) is 0 Å². The molecule has 0 spiro atoms. The van der Waals surface area contributed by atoms with Crippen LogP contribution in [0.4, 0.5) is 17.6 Å². The number of fused-ring (bicyclic) bond motifs is 1. The first-order valence-electron chi connectivity index (χ1n) is 11.2. The Hall–Kier alpha value is -2.36. The average Bonchev–Trinajstić information content (AvgIpc) is 2.78. The molecule has 0 saturated heterocycles. The van der Waals surface area contributed by atoms with Crippen LogP contribution in [0.2, 0.25) is 0 Å². The van der Waals surface area contributed by atoms with Crippen LogP contribution in [-0.4, -0.2) is 0 Å². The molecule has 0 radical (unpaired) electrons. The standard InChI is InChI=1S/C27H28F4/c1-2-18-3-5-19(6-4-18)7-8-20-9-15-25-22(17-20)12-16-24(26(25)28)21-10-13-23(14-11-21)27(29,30)31/h9-19H,2-8H2,1H3. The summed E-state index contributed by atoms with van der Waals surface area (Å²) in [6, 6.07) is 14.0. The average molecular weight is 429 g/mol. The molecule has 0 N–H and O–H groups in total. The minimum atomic E-state index is -4.40. The molecule has 4 rings (SSSR count). The van der Waals surface area contributed by atoms with Crippen molar-refractivity contribution >= 4 is 10.8 Å². The summed E-state index contributed by atoms with van der Waals surface area (Å²) < 4.78 is 53.5. The third-order valence-corrected chi connectivity index (χ3v) is 6.93. The van der Waals surface area contributed by atoms with E-state index in [1.807, 2.05) is 24.3 Å².